The number of carboxylic acids is 1. The van der Waals surface area contributed by atoms with Gasteiger partial charge in [-0.15, -0.1) is 11.8 Å². The number of benzene rings is 1. The molecule has 0 saturated carbocycles. The summed E-state index contributed by atoms with van der Waals surface area (Å²) in [6, 6.07) is 7.88. The molecule has 2 N–H and O–H groups in total. The molecule has 0 aromatic heterocycles. The molecule has 2 unspecified atom stereocenters. The highest BCUT2D eigenvalue weighted by molar-refractivity contribution is 8.00. The maximum Gasteiger partial charge on any atom is 0.327 e. The molecule has 1 aromatic rings. The van der Waals surface area contributed by atoms with Gasteiger partial charge in [-0.25, -0.2) is 9.59 Å². The van der Waals surface area contributed by atoms with Gasteiger partial charge in [0.05, 0.1) is 5.37 Å². The van der Waals surface area contributed by atoms with Crippen molar-refractivity contribution in [2.75, 3.05) is 11.1 Å². The molecule has 1 fully saturated rings. The average molecular weight is 266 g/mol. The minimum atomic E-state index is -0.963. The lowest BCUT2D eigenvalue weighted by atomic mass is 10.3. The van der Waals surface area contributed by atoms with Crippen molar-refractivity contribution in [2.24, 2.45) is 0 Å². The summed E-state index contributed by atoms with van der Waals surface area (Å²) in [5.41, 5.74) is 0.663. The van der Waals surface area contributed by atoms with Gasteiger partial charge in [0.15, 0.2) is 0 Å². The van der Waals surface area contributed by atoms with Crippen molar-refractivity contribution in [1.82, 2.24) is 4.90 Å². The largest absolute Gasteiger partial charge is 0.480 e. The van der Waals surface area contributed by atoms with Crippen LogP contribution in [0, 0.1) is 0 Å². The molecule has 0 bridgehead atoms. The number of thioether (sulfide) groups is 1. The first kappa shape index (κ1) is 12.8. The Morgan fingerprint density at radius 3 is 2.67 bits per heavy atom. The monoisotopic (exact) mass is 266 g/mol. The Kier molecular flexibility index (Phi) is 3.76. The Morgan fingerprint density at radius 2 is 2.06 bits per heavy atom. The molecule has 18 heavy (non-hydrogen) atoms. The van der Waals surface area contributed by atoms with Crippen LogP contribution in [-0.2, 0) is 4.79 Å². The minimum absolute atomic E-state index is 0.130. The normalized spacial score (nSPS) is 22.8. The van der Waals surface area contributed by atoms with Gasteiger partial charge < -0.3 is 10.4 Å². The summed E-state index contributed by atoms with van der Waals surface area (Å²) in [5.74, 6) is -0.534. The van der Waals surface area contributed by atoms with Crippen LogP contribution in [0.25, 0.3) is 0 Å². The van der Waals surface area contributed by atoms with E-state index in [0.717, 1.165) is 0 Å². The molecule has 1 heterocycles. The van der Waals surface area contributed by atoms with E-state index in [1.54, 1.807) is 12.1 Å². The fourth-order valence-corrected chi connectivity index (χ4v) is 3.02. The van der Waals surface area contributed by atoms with E-state index in [4.69, 9.17) is 5.11 Å². The number of aliphatic carboxylic acids is 1. The molecule has 2 atom stereocenters. The summed E-state index contributed by atoms with van der Waals surface area (Å²) < 4.78 is 0. The van der Waals surface area contributed by atoms with E-state index in [-0.39, 0.29) is 11.4 Å². The SMILES string of the molecule is CC1SCC(C(=O)O)N1C(=O)Nc1ccccc1. The van der Waals surface area contributed by atoms with Gasteiger partial charge in [-0.1, -0.05) is 18.2 Å². The Hall–Kier alpha value is -1.69. The van der Waals surface area contributed by atoms with Crippen molar-refractivity contribution in [3.05, 3.63) is 30.3 Å². The minimum Gasteiger partial charge on any atom is -0.480 e. The summed E-state index contributed by atoms with van der Waals surface area (Å²) in [6.07, 6.45) is 0. The van der Waals surface area contributed by atoms with Crippen LogP contribution in [0.2, 0.25) is 0 Å². The van der Waals surface area contributed by atoms with Crippen molar-refractivity contribution in [1.29, 1.82) is 0 Å². The van der Waals surface area contributed by atoms with E-state index in [9.17, 15) is 9.59 Å². The topological polar surface area (TPSA) is 69.6 Å². The van der Waals surface area contributed by atoms with E-state index in [0.29, 0.717) is 11.4 Å². The van der Waals surface area contributed by atoms with Crippen LogP contribution in [0.15, 0.2) is 30.3 Å². The zero-order valence-electron chi connectivity index (χ0n) is 9.87. The smallest absolute Gasteiger partial charge is 0.327 e. The third-order valence-corrected chi connectivity index (χ3v) is 3.99. The fourth-order valence-electron chi connectivity index (χ4n) is 1.85. The zero-order valence-corrected chi connectivity index (χ0v) is 10.7. The molecule has 1 saturated heterocycles. The van der Waals surface area contributed by atoms with Gasteiger partial charge in [0, 0.05) is 11.4 Å². The molecule has 1 aliphatic heterocycles. The summed E-state index contributed by atoms with van der Waals surface area (Å²) in [5, 5.41) is 11.7. The van der Waals surface area contributed by atoms with E-state index in [1.165, 1.54) is 16.7 Å². The average Bonchev–Trinajstić information content (AvgIpc) is 2.72. The molecule has 0 aliphatic carbocycles. The number of carboxylic acid groups (broad SMARTS) is 1. The van der Waals surface area contributed by atoms with Crippen LogP contribution < -0.4 is 5.32 Å². The van der Waals surface area contributed by atoms with E-state index in [1.807, 2.05) is 25.1 Å². The Balaban J connectivity index is 2.10. The van der Waals surface area contributed by atoms with Crippen molar-refractivity contribution in [3.63, 3.8) is 0 Å². The number of hydrogen-bond acceptors (Lipinski definition) is 3. The number of nitrogens with one attached hydrogen (secondary N) is 1. The first-order valence-electron chi connectivity index (χ1n) is 5.58. The second-order valence-corrected chi connectivity index (χ2v) is 5.34. The molecular formula is C12H14N2O3S. The number of carbonyl (C=O) groups is 2. The highest BCUT2D eigenvalue weighted by Crippen LogP contribution is 2.29. The Bertz CT molecular complexity index is 452. The predicted molar refractivity (Wildman–Crippen MR) is 70.6 cm³/mol. The molecular weight excluding hydrogens is 252 g/mol. The van der Waals surface area contributed by atoms with Crippen molar-refractivity contribution >= 4 is 29.4 Å². The van der Waals surface area contributed by atoms with Crippen molar-refractivity contribution in [3.8, 4) is 0 Å². The molecule has 1 aliphatic rings. The molecule has 96 valence electrons. The number of urea groups is 1. The molecule has 1 aromatic carbocycles. The molecule has 6 heteroatoms. The van der Waals surface area contributed by atoms with Crippen LogP contribution >= 0.6 is 11.8 Å². The fraction of sp³-hybridized carbons (Fsp3) is 0.333. The van der Waals surface area contributed by atoms with Crippen LogP contribution in [0.4, 0.5) is 10.5 Å². The van der Waals surface area contributed by atoms with E-state index >= 15 is 0 Å². The van der Waals surface area contributed by atoms with Gasteiger partial charge in [-0.05, 0) is 19.1 Å². The lowest BCUT2D eigenvalue weighted by molar-refractivity contribution is -0.141. The number of anilines is 1. The lowest BCUT2D eigenvalue weighted by Gasteiger charge is -2.25. The summed E-state index contributed by atoms with van der Waals surface area (Å²) in [6.45, 7) is 1.83. The molecule has 0 spiro atoms. The first-order chi connectivity index (χ1) is 8.59. The summed E-state index contributed by atoms with van der Waals surface area (Å²) >= 11 is 1.46. The predicted octanol–water partition coefficient (Wildman–Crippen LogP) is 2.07. The molecule has 2 rings (SSSR count). The highest BCUT2D eigenvalue weighted by atomic mass is 32.2. The maximum absolute atomic E-state index is 12.1. The van der Waals surface area contributed by atoms with Gasteiger partial charge in [-0.3, -0.25) is 4.90 Å². The number of carbonyl (C=O) groups excluding carboxylic acids is 1. The van der Waals surface area contributed by atoms with E-state index in [2.05, 4.69) is 5.32 Å². The maximum atomic E-state index is 12.1. The Morgan fingerprint density at radius 1 is 1.39 bits per heavy atom. The zero-order chi connectivity index (χ0) is 13.1. The number of hydrogen-bond donors (Lipinski definition) is 2. The summed E-state index contributed by atoms with van der Waals surface area (Å²) in [4.78, 5) is 24.5. The quantitative estimate of drug-likeness (QED) is 0.859. The lowest BCUT2D eigenvalue weighted by Crippen LogP contribution is -2.46. The first-order valence-corrected chi connectivity index (χ1v) is 6.63. The van der Waals surface area contributed by atoms with Crippen LogP contribution in [-0.4, -0.2) is 39.2 Å². The third-order valence-electron chi connectivity index (χ3n) is 2.77. The van der Waals surface area contributed by atoms with Gasteiger partial charge >= 0.3 is 12.0 Å². The van der Waals surface area contributed by atoms with Crippen LogP contribution in [0.5, 0.6) is 0 Å². The van der Waals surface area contributed by atoms with Crippen LogP contribution in [0.1, 0.15) is 6.92 Å². The van der Waals surface area contributed by atoms with Gasteiger partial charge in [0.1, 0.15) is 6.04 Å². The molecule has 0 radical (unpaired) electrons. The van der Waals surface area contributed by atoms with Crippen molar-refractivity contribution < 1.29 is 14.7 Å². The number of amides is 2. The standard InChI is InChI=1S/C12H14N2O3S/c1-8-14(10(7-18-8)11(15)16)12(17)13-9-5-3-2-4-6-9/h2-6,8,10H,7H2,1H3,(H,13,17)(H,15,16). The second kappa shape index (κ2) is 5.30. The second-order valence-electron chi connectivity index (χ2n) is 3.99. The Labute approximate surface area is 109 Å². The van der Waals surface area contributed by atoms with E-state index < -0.39 is 12.0 Å². The van der Waals surface area contributed by atoms with Crippen molar-refractivity contribution in [2.45, 2.75) is 18.3 Å². The van der Waals surface area contributed by atoms with Gasteiger partial charge in [0.25, 0.3) is 0 Å². The number of rotatable bonds is 2. The highest BCUT2D eigenvalue weighted by Gasteiger charge is 2.39. The number of nitrogens with zero attached hydrogens (tertiary/aromatic N) is 1. The third kappa shape index (κ3) is 2.59. The molecule has 2 amide bonds. The van der Waals surface area contributed by atoms with Crippen LogP contribution in [0.3, 0.4) is 0 Å². The molecule has 5 nitrogen and oxygen atoms in total. The van der Waals surface area contributed by atoms with Gasteiger partial charge in [-0.2, -0.15) is 0 Å². The summed E-state index contributed by atoms with van der Waals surface area (Å²) in [7, 11) is 0. The number of para-hydroxylation sites is 1. The van der Waals surface area contributed by atoms with Gasteiger partial charge in [0.2, 0.25) is 0 Å².